The van der Waals surface area contributed by atoms with Crippen LogP contribution in [0.2, 0.25) is 0 Å². The molecule has 2 rings (SSSR count). The number of phenolic OH excluding ortho intramolecular Hbond substituents is 2. The maximum atomic E-state index is 11.6. The molecule has 0 aliphatic rings. The highest BCUT2D eigenvalue weighted by molar-refractivity contribution is 5.99. The Bertz CT molecular complexity index is 676. The first-order chi connectivity index (χ1) is 10.1. The Labute approximate surface area is 122 Å². The van der Waals surface area contributed by atoms with Gasteiger partial charge in [-0.2, -0.15) is 0 Å². The molecule has 4 heteroatoms. The molecule has 0 aromatic heterocycles. The van der Waals surface area contributed by atoms with Gasteiger partial charge in [0.15, 0.2) is 11.5 Å². The number of amides is 1. The zero-order chi connectivity index (χ0) is 15.1. The highest BCUT2D eigenvalue weighted by Gasteiger charge is 1.97. The van der Waals surface area contributed by atoms with Crippen LogP contribution in [0.25, 0.3) is 6.08 Å². The molecule has 2 aromatic carbocycles. The highest BCUT2D eigenvalue weighted by atomic mass is 16.3. The first-order valence-electron chi connectivity index (χ1n) is 6.38. The molecular formula is C17H15NO3. The van der Waals surface area contributed by atoms with Crippen molar-refractivity contribution < 1.29 is 15.0 Å². The molecular weight excluding hydrogens is 266 g/mol. The maximum Gasteiger partial charge on any atom is 0.248 e. The second kappa shape index (κ2) is 6.96. The third kappa shape index (κ3) is 4.54. The van der Waals surface area contributed by atoms with Crippen LogP contribution in [0.15, 0.2) is 66.8 Å². The Hall–Kier alpha value is -3.01. The summed E-state index contributed by atoms with van der Waals surface area (Å²) in [5.41, 5.74) is 1.46. The van der Waals surface area contributed by atoms with Crippen LogP contribution in [0.1, 0.15) is 5.56 Å². The van der Waals surface area contributed by atoms with Gasteiger partial charge in [0.1, 0.15) is 0 Å². The van der Waals surface area contributed by atoms with Gasteiger partial charge in [-0.15, -0.1) is 0 Å². The molecule has 1 amide bonds. The van der Waals surface area contributed by atoms with Gasteiger partial charge < -0.3 is 15.5 Å². The van der Waals surface area contributed by atoms with Crippen molar-refractivity contribution in [3.05, 3.63) is 72.3 Å². The van der Waals surface area contributed by atoms with Gasteiger partial charge in [-0.25, -0.2) is 0 Å². The summed E-state index contributed by atoms with van der Waals surface area (Å²) in [6.45, 7) is 0. The summed E-state index contributed by atoms with van der Waals surface area (Å²) >= 11 is 0. The number of nitrogens with one attached hydrogen (secondary N) is 1. The average Bonchev–Trinajstić information content (AvgIpc) is 2.48. The summed E-state index contributed by atoms with van der Waals surface area (Å²) in [5.74, 6) is -0.563. The summed E-state index contributed by atoms with van der Waals surface area (Å²) in [6, 6.07) is 13.7. The van der Waals surface area contributed by atoms with Gasteiger partial charge in [-0.3, -0.25) is 4.79 Å². The largest absolute Gasteiger partial charge is 0.504 e. The SMILES string of the molecule is O=C(/C=C/C=C/c1ccc(O)c(O)c1)Nc1ccccc1. The molecule has 0 aliphatic carbocycles. The number of hydrogen-bond donors (Lipinski definition) is 3. The summed E-state index contributed by atoms with van der Waals surface area (Å²) < 4.78 is 0. The number of benzene rings is 2. The number of carbonyl (C=O) groups is 1. The van der Waals surface area contributed by atoms with Gasteiger partial charge in [0.25, 0.3) is 0 Å². The number of phenols is 2. The number of carbonyl (C=O) groups excluding carboxylic acids is 1. The Balaban J connectivity index is 1.91. The van der Waals surface area contributed by atoms with E-state index in [0.717, 1.165) is 11.3 Å². The minimum Gasteiger partial charge on any atom is -0.504 e. The van der Waals surface area contributed by atoms with Crippen LogP contribution in [-0.2, 0) is 4.79 Å². The first-order valence-corrected chi connectivity index (χ1v) is 6.38. The van der Waals surface area contributed by atoms with Crippen LogP contribution in [-0.4, -0.2) is 16.1 Å². The van der Waals surface area contributed by atoms with Gasteiger partial charge in [0.2, 0.25) is 5.91 Å². The summed E-state index contributed by atoms with van der Waals surface area (Å²) in [4.78, 5) is 11.6. The Morgan fingerprint density at radius 2 is 1.71 bits per heavy atom. The van der Waals surface area contributed by atoms with Gasteiger partial charge >= 0.3 is 0 Å². The van der Waals surface area contributed by atoms with Crippen molar-refractivity contribution in [1.82, 2.24) is 0 Å². The molecule has 0 bridgehead atoms. The third-order valence-corrected chi connectivity index (χ3v) is 2.69. The van der Waals surface area contributed by atoms with Gasteiger partial charge in [0, 0.05) is 11.8 Å². The third-order valence-electron chi connectivity index (χ3n) is 2.69. The number of para-hydroxylation sites is 1. The van der Waals surface area contributed by atoms with E-state index in [1.807, 2.05) is 18.2 Å². The molecule has 0 unspecified atom stereocenters. The molecule has 2 aromatic rings. The summed E-state index contributed by atoms with van der Waals surface area (Å²) in [6.07, 6.45) is 6.40. The van der Waals surface area contributed by atoms with Crippen molar-refractivity contribution in [2.45, 2.75) is 0 Å². The van der Waals surface area contributed by atoms with Crippen LogP contribution < -0.4 is 5.32 Å². The zero-order valence-corrected chi connectivity index (χ0v) is 11.2. The Kier molecular flexibility index (Phi) is 4.77. The standard InChI is InChI=1S/C17H15NO3/c19-15-11-10-13(12-16(15)20)6-4-5-9-17(21)18-14-7-2-1-3-8-14/h1-12,19-20H,(H,18,21)/b6-4+,9-5+. The molecule has 3 N–H and O–H groups in total. The minimum absolute atomic E-state index is 0.162. The smallest absolute Gasteiger partial charge is 0.248 e. The summed E-state index contributed by atoms with van der Waals surface area (Å²) in [5, 5.41) is 21.3. The molecule has 0 atom stereocenters. The fraction of sp³-hybridized carbons (Fsp3) is 0. The Morgan fingerprint density at radius 1 is 0.952 bits per heavy atom. The molecule has 0 radical (unpaired) electrons. The number of rotatable bonds is 4. The zero-order valence-electron chi connectivity index (χ0n) is 11.2. The van der Waals surface area contributed by atoms with Crippen LogP contribution in [0.4, 0.5) is 5.69 Å². The van der Waals surface area contributed by atoms with E-state index in [2.05, 4.69) is 5.32 Å². The van der Waals surface area contributed by atoms with Gasteiger partial charge in [0.05, 0.1) is 0 Å². The van der Waals surface area contributed by atoms with Crippen LogP contribution in [0, 0.1) is 0 Å². The molecule has 21 heavy (non-hydrogen) atoms. The van der Waals surface area contributed by atoms with E-state index < -0.39 is 0 Å². The fourth-order valence-electron chi connectivity index (χ4n) is 1.66. The van der Waals surface area contributed by atoms with Crippen LogP contribution in [0.5, 0.6) is 11.5 Å². The average molecular weight is 281 g/mol. The molecule has 0 saturated carbocycles. The highest BCUT2D eigenvalue weighted by Crippen LogP contribution is 2.25. The van der Waals surface area contributed by atoms with E-state index in [-0.39, 0.29) is 17.4 Å². The van der Waals surface area contributed by atoms with E-state index in [4.69, 9.17) is 0 Å². The van der Waals surface area contributed by atoms with Crippen LogP contribution >= 0.6 is 0 Å². The number of anilines is 1. The monoisotopic (exact) mass is 281 g/mol. The number of allylic oxidation sites excluding steroid dienone is 2. The lowest BCUT2D eigenvalue weighted by Crippen LogP contribution is -2.07. The van der Waals surface area contributed by atoms with E-state index >= 15 is 0 Å². The molecule has 4 nitrogen and oxygen atoms in total. The molecule has 0 spiro atoms. The van der Waals surface area contributed by atoms with Crippen molar-refractivity contribution in [3.8, 4) is 11.5 Å². The molecule has 106 valence electrons. The number of aromatic hydroxyl groups is 2. The number of hydrogen-bond acceptors (Lipinski definition) is 3. The quantitative estimate of drug-likeness (QED) is 0.457. The maximum absolute atomic E-state index is 11.6. The molecule has 0 fully saturated rings. The lowest BCUT2D eigenvalue weighted by molar-refractivity contribution is -0.111. The molecule has 0 saturated heterocycles. The lowest BCUT2D eigenvalue weighted by Gasteiger charge is -2.00. The molecule has 0 heterocycles. The first kappa shape index (κ1) is 14.4. The van der Waals surface area contributed by atoms with Crippen LogP contribution in [0.3, 0.4) is 0 Å². The predicted molar refractivity (Wildman–Crippen MR) is 83.0 cm³/mol. The minimum atomic E-state index is -0.223. The second-order valence-electron chi connectivity index (χ2n) is 4.32. The lowest BCUT2D eigenvalue weighted by atomic mass is 10.2. The van der Waals surface area contributed by atoms with Gasteiger partial charge in [-0.1, -0.05) is 42.5 Å². The van der Waals surface area contributed by atoms with Crippen molar-refractivity contribution in [3.63, 3.8) is 0 Å². The van der Waals surface area contributed by atoms with E-state index in [9.17, 15) is 15.0 Å². The Morgan fingerprint density at radius 3 is 2.43 bits per heavy atom. The molecule has 0 aliphatic heterocycles. The fourth-order valence-corrected chi connectivity index (χ4v) is 1.66. The van der Waals surface area contributed by atoms with Crippen molar-refractivity contribution >= 4 is 17.7 Å². The van der Waals surface area contributed by atoms with Gasteiger partial charge in [-0.05, 0) is 29.8 Å². The van der Waals surface area contributed by atoms with Crippen molar-refractivity contribution in [2.24, 2.45) is 0 Å². The summed E-state index contributed by atoms with van der Waals surface area (Å²) in [7, 11) is 0. The second-order valence-corrected chi connectivity index (χ2v) is 4.32. The topological polar surface area (TPSA) is 69.6 Å². The predicted octanol–water partition coefficient (Wildman–Crippen LogP) is 3.31. The van der Waals surface area contributed by atoms with Crippen molar-refractivity contribution in [2.75, 3.05) is 5.32 Å². The van der Waals surface area contributed by atoms with E-state index in [1.165, 1.54) is 18.2 Å². The van der Waals surface area contributed by atoms with E-state index in [1.54, 1.807) is 36.4 Å². The van der Waals surface area contributed by atoms with E-state index in [0.29, 0.717) is 0 Å². The van der Waals surface area contributed by atoms with Crippen molar-refractivity contribution in [1.29, 1.82) is 0 Å². The normalized spacial score (nSPS) is 11.0.